The lowest BCUT2D eigenvalue weighted by molar-refractivity contribution is 0.414. The summed E-state index contributed by atoms with van der Waals surface area (Å²) < 4.78 is 9.79. The molecule has 0 radical (unpaired) electrons. The van der Waals surface area contributed by atoms with Gasteiger partial charge in [0.15, 0.2) is 10.6 Å². The molecule has 24 heavy (non-hydrogen) atoms. The first-order valence-electron chi connectivity index (χ1n) is 7.87. The Morgan fingerprint density at radius 3 is 2.54 bits per heavy atom. The minimum absolute atomic E-state index is 0.599. The Balaban J connectivity index is 2.05. The van der Waals surface area contributed by atoms with Gasteiger partial charge in [0.2, 0.25) is 0 Å². The zero-order chi connectivity index (χ0) is 17.3. The molecule has 0 unspecified atom stereocenters. The van der Waals surface area contributed by atoms with Gasteiger partial charge < -0.3 is 4.74 Å². The summed E-state index contributed by atoms with van der Waals surface area (Å²) in [6.07, 6.45) is 0. The van der Waals surface area contributed by atoms with Crippen molar-refractivity contribution < 1.29 is 4.74 Å². The first kappa shape index (κ1) is 16.4. The number of aromatic amines is 1. The van der Waals surface area contributed by atoms with Crippen molar-refractivity contribution in [2.24, 2.45) is 0 Å². The molecule has 1 N–H and O–H groups in total. The smallest absolute Gasteiger partial charge is 0.195 e. The summed E-state index contributed by atoms with van der Waals surface area (Å²) in [5.41, 5.74) is 4.28. The summed E-state index contributed by atoms with van der Waals surface area (Å²) in [5.74, 6) is 1.65. The van der Waals surface area contributed by atoms with Gasteiger partial charge in [-0.1, -0.05) is 12.1 Å². The van der Waals surface area contributed by atoms with Gasteiger partial charge >= 0.3 is 0 Å². The van der Waals surface area contributed by atoms with Crippen LogP contribution in [0.4, 0.5) is 0 Å². The van der Waals surface area contributed by atoms with Crippen LogP contribution in [0, 0.1) is 18.6 Å². The molecule has 0 saturated carbocycles. The predicted molar refractivity (Wildman–Crippen MR) is 95.9 cm³/mol. The van der Waals surface area contributed by atoms with E-state index in [1.54, 1.807) is 7.11 Å². The number of hydrogen-bond acceptors (Lipinski definition) is 4. The molecule has 2 aromatic heterocycles. The Bertz CT molecular complexity index is 904. The normalized spacial score (nSPS) is 11.0. The van der Waals surface area contributed by atoms with Gasteiger partial charge in [-0.15, -0.1) is 0 Å². The number of aryl methyl sites for hydroxylation is 2. The molecule has 3 aromatic rings. The fourth-order valence-electron chi connectivity index (χ4n) is 2.74. The van der Waals surface area contributed by atoms with Crippen LogP contribution in [0.15, 0.2) is 24.3 Å². The number of hydrogen-bond donors (Lipinski definition) is 1. The number of nitrogens with zero attached hydrogens (tertiary/aromatic N) is 4. The first-order chi connectivity index (χ1) is 11.5. The van der Waals surface area contributed by atoms with E-state index >= 15 is 0 Å². The van der Waals surface area contributed by atoms with Crippen molar-refractivity contribution in [1.29, 1.82) is 0 Å². The van der Waals surface area contributed by atoms with Crippen molar-refractivity contribution in [2.75, 3.05) is 7.11 Å². The molecule has 3 rings (SSSR count). The highest BCUT2D eigenvalue weighted by atomic mass is 32.1. The molecule has 7 heteroatoms. The van der Waals surface area contributed by atoms with Crippen LogP contribution in [0.2, 0.25) is 0 Å². The van der Waals surface area contributed by atoms with Crippen LogP contribution in [-0.4, -0.2) is 31.7 Å². The summed E-state index contributed by atoms with van der Waals surface area (Å²) in [7, 11) is 1.66. The van der Waals surface area contributed by atoms with Crippen LogP contribution in [0.5, 0.6) is 5.75 Å². The van der Waals surface area contributed by atoms with Gasteiger partial charge in [0.25, 0.3) is 0 Å². The highest BCUT2D eigenvalue weighted by molar-refractivity contribution is 7.71. The van der Waals surface area contributed by atoms with E-state index in [-0.39, 0.29) is 0 Å². The third kappa shape index (κ3) is 2.87. The second kappa shape index (κ2) is 6.60. The Morgan fingerprint density at radius 1 is 1.21 bits per heavy atom. The molecule has 0 atom stereocenters. The van der Waals surface area contributed by atoms with Crippen LogP contribution in [0.25, 0.3) is 11.5 Å². The maximum atomic E-state index is 5.44. The molecular formula is C17H21N5OS. The van der Waals surface area contributed by atoms with Gasteiger partial charge in [0, 0.05) is 12.1 Å². The van der Waals surface area contributed by atoms with Crippen LogP contribution in [0.1, 0.15) is 23.7 Å². The molecule has 0 aliphatic carbocycles. The summed E-state index contributed by atoms with van der Waals surface area (Å²) in [6, 6.07) is 7.97. The number of rotatable bonds is 5. The molecular weight excluding hydrogens is 322 g/mol. The lowest BCUT2D eigenvalue weighted by Crippen LogP contribution is -2.07. The zero-order valence-corrected chi connectivity index (χ0v) is 15.1. The molecule has 0 aliphatic rings. The van der Waals surface area contributed by atoms with Crippen molar-refractivity contribution in [3.63, 3.8) is 0 Å². The summed E-state index contributed by atoms with van der Waals surface area (Å²) in [5, 5.41) is 12.0. The SMILES string of the molecule is CCn1nc(C)c(C)c1-c1n[nH]c(=S)n1Cc1ccc(OC)cc1. The van der Waals surface area contributed by atoms with E-state index in [9.17, 15) is 0 Å². The number of nitrogens with one attached hydrogen (secondary N) is 1. The summed E-state index contributed by atoms with van der Waals surface area (Å²) in [6.45, 7) is 7.58. The number of aromatic nitrogens is 5. The summed E-state index contributed by atoms with van der Waals surface area (Å²) in [4.78, 5) is 0. The third-order valence-corrected chi connectivity index (χ3v) is 4.51. The highest BCUT2D eigenvalue weighted by Crippen LogP contribution is 2.25. The minimum atomic E-state index is 0.599. The average molecular weight is 343 g/mol. The van der Waals surface area contributed by atoms with Crippen LogP contribution in [-0.2, 0) is 13.1 Å². The molecule has 0 bridgehead atoms. The minimum Gasteiger partial charge on any atom is -0.497 e. The van der Waals surface area contributed by atoms with E-state index in [4.69, 9.17) is 17.0 Å². The molecule has 0 spiro atoms. The Labute approximate surface area is 146 Å². The highest BCUT2D eigenvalue weighted by Gasteiger charge is 2.19. The maximum absolute atomic E-state index is 5.44. The lowest BCUT2D eigenvalue weighted by Gasteiger charge is -2.10. The number of H-pyrrole nitrogens is 1. The predicted octanol–water partition coefficient (Wildman–Crippen LogP) is 3.50. The molecule has 6 nitrogen and oxygen atoms in total. The monoisotopic (exact) mass is 343 g/mol. The first-order valence-corrected chi connectivity index (χ1v) is 8.28. The van der Waals surface area contributed by atoms with Crippen molar-refractivity contribution in [3.8, 4) is 17.3 Å². The molecule has 0 amide bonds. The Morgan fingerprint density at radius 2 is 1.92 bits per heavy atom. The van der Waals surface area contributed by atoms with E-state index < -0.39 is 0 Å². The Hall–Kier alpha value is -2.41. The lowest BCUT2D eigenvalue weighted by atomic mass is 10.2. The van der Waals surface area contributed by atoms with Gasteiger partial charge in [-0.25, -0.2) is 0 Å². The molecule has 2 heterocycles. The largest absolute Gasteiger partial charge is 0.497 e. The van der Waals surface area contributed by atoms with Crippen molar-refractivity contribution >= 4 is 12.2 Å². The topological polar surface area (TPSA) is 60.7 Å². The van der Waals surface area contributed by atoms with Gasteiger partial charge in [0.05, 0.1) is 19.3 Å². The fraction of sp³-hybridized carbons (Fsp3) is 0.353. The van der Waals surface area contributed by atoms with Gasteiger partial charge in [0.1, 0.15) is 11.4 Å². The van der Waals surface area contributed by atoms with Gasteiger partial charge in [-0.05, 0) is 50.7 Å². The average Bonchev–Trinajstić information content (AvgIpc) is 3.08. The standard InChI is InChI=1S/C17H21N5OS/c1-5-22-15(11(2)12(3)20-22)16-18-19-17(24)21(16)10-13-6-8-14(23-4)9-7-13/h6-9H,5,10H2,1-4H3,(H,19,24). The van der Waals surface area contributed by atoms with E-state index in [1.807, 2.05) is 40.4 Å². The summed E-state index contributed by atoms with van der Waals surface area (Å²) >= 11 is 5.44. The van der Waals surface area contributed by atoms with E-state index in [1.165, 1.54) is 0 Å². The van der Waals surface area contributed by atoms with E-state index in [2.05, 4.69) is 29.1 Å². The van der Waals surface area contributed by atoms with Crippen LogP contribution >= 0.6 is 12.2 Å². The van der Waals surface area contributed by atoms with Crippen molar-refractivity contribution in [1.82, 2.24) is 24.5 Å². The van der Waals surface area contributed by atoms with Crippen LogP contribution < -0.4 is 4.74 Å². The second-order valence-corrected chi connectivity index (χ2v) is 6.05. The van der Waals surface area contributed by atoms with E-state index in [0.717, 1.165) is 40.6 Å². The zero-order valence-electron chi connectivity index (χ0n) is 14.3. The van der Waals surface area contributed by atoms with Crippen molar-refractivity contribution in [3.05, 3.63) is 45.9 Å². The molecule has 126 valence electrons. The van der Waals surface area contributed by atoms with E-state index in [0.29, 0.717) is 11.3 Å². The van der Waals surface area contributed by atoms with Crippen molar-refractivity contribution in [2.45, 2.75) is 33.9 Å². The maximum Gasteiger partial charge on any atom is 0.195 e. The molecule has 0 saturated heterocycles. The quantitative estimate of drug-likeness (QED) is 0.720. The Kier molecular flexibility index (Phi) is 4.53. The van der Waals surface area contributed by atoms with Gasteiger partial charge in [-0.2, -0.15) is 10.2 Å². The number of ether oxygens (including phenoxy) is 1. The third-order valence-electron chi connectivity index (χ3n) is 4.20. The van der Waals surface area contributed by atoms with Gasteiger partial charge in [-0.3, -0.25) is 14.3 Å². The second-order valence-electron chi connectivity index (χ2n) is 5.66. The fourth-order valence-corrected chi connectivity index (χ4v) is 2.94. The molecule has 0 fully saturated rings. The van der Waals surface area contributed by atoms with Crippen LogP contribution in [0.3, 0.4) is 0 Å². The number of methoxy groups -OCH3 is 1. The number of benzene rings is 1. The molecule has 1 aromatic carbocycles. The molecule has 0 aliphatic heterocycles.